The van der Waals surface area contributed by atoms with E-state index in [4.69, 9.17) is 32.7 Å². The number of halogens is 2. The van der Waals surface area contributed by atoms with E-state index in [1.165, 1.54) is 30.5 Å². The number of hydrazone groups is 1. The molecule has 0 radical (unpaired) electrons. The largest absolute Gasteiger partial charge is 0.484 e. The van der Waals surface area contributed by atoms with Crippen molar-refractivity contribution in [1.82, 2.24) is 10.3 Å². The second kappa shape index (κ2) is 13.6. The summed E-state index contributed by atoms with van der Waals surface area (Å²) in [4.78, 5) is 26.6. The molecule has 0 spiro atoms. The van der Waals surface area contributed by atoms with Crippen molar-refractivity contribution in [1.29, 1.82) is 0 Å². The molecule has 210 valence electrons. The highest BCUT2D eigenvalue weighted by atomic mass is 35.5. The standard InChI is InChI=1S/C27H26Cl2N4O6S/c28-23-7-4-8-24(27(23)29)33(40(36,37)22-5-2-1-3-6-22)18-25(34)31-30-17-20-9-11-21(12-10-20)39-19-26(35)32-13-15-38-16-14-32/h1-12,17H,13-16,18-19H2,(H,31,34)/b30-17-. The van der Waals surface area contributed by atoms with Crippen molar-refractivity contribution in [2.75, 3.05) is 43.8 Å². The van der Waals surface area contributed by atoms with E-state index in [9.17, 15) is 18.0 Å². The van der Waals surface area contributed by atoms with Crippen LogP contribution in [0.3, 0.4) is 0 Å². The SMILES string of the molecule is O=C(CN(c1cccc(Cl)c1Cl)S(=O)(=O)c1ccccc1)N/N=C\c1ccc(OCC(=O)N2CCOCC2)cc1. The molecule has 1 N–H and O–H groups in total. The monoisotopic (exact) mass is 604 g/mol. The molecular formula is C27H26Cl2N4O6S. The predicted molar refractivity (Wildman–Crippen MR) is 153 cm³/mol. The number of carbonyl (C=O) groups is 2. The fourth-order valence-electron chi connectivity index (χ4n) is 3.75. The van der Waals surface area contributed by atoms with Gasteiger partial charge >= 0.3 is 0 Å². The fraction of sp³-hybridized carbons (Fsp3) is 0.222. The topological polar surface area (TPSA) is 118 Å². The zero-order valence-electron chi connectivity index (χ0n) is 21.2. The first kappa shape index (κ1) is 29.3. The minimum absolute atomic E-state index is 0.00562. The Hall–Kier alpha value is -3.64. The third kappa shape index (κ3) is 7.51. The second-order valence-corrected chi connectivity index (χ2v) is 11.2. The number of amides is 2. The summed E-state index contributed by atoms with van der Waals surface area (Å²) in [6, 6.07) is 18.9. The summed E-state index contributed by atoms with van der Waals surface area (Å²) < 4.78 is 38.5. The zero-order valence-corrected chi connectivity index (χ0v) is 23.5. The predicted octanol–water partition coefficient (Wildman–Crippen LogP) is 3.58. The van der Waals surface area contributed by atoms with Gasteiger partial charge in [-0.25, -0.2) is 13.8 Å². The highest BCUT2D eigenvalue weighted by molar-refractivity contribution is 7.92. The number of hydrogen-bond acceptors (Lipinski definition) is 7. The van der Waals surface area contributed by atoms with Crippen molar-refractivity contribution in [3.05, 3.63) is 88.4 Å². The molecule has 0 aliphatic carbocycles. The van der Waals surface area contributed by atoms with Crippen LogP contribution < -0.4 is 14.5 Å². The maximum absolute atomic E-state index is 13.4. The number of hydrogen-bond donors (Lipinski definition) is 1. The van der Waals surface area contributed by atoms with E-state index in [0.717, 1.165) is 4.31 Å². The van der Waals surface area contributed by atoms with E-state index in [1.54, 1.807) is 53.4 Å². The summed E-state index contributed by atoms with van der Waals surface area (Å²) in [5.74, 6) is -0.310. The van der Waals surface area contributed by atoms with Crippen molar-refractivity contribution >= 4 is 56.9 Å². The smallest absolute Gasteiger partial charge is 0.264 e. The molecule has 0 unspecified atom stereocenters. The number of nitrogens with one attached hydrogen (secondary N) is 1. The van der Waals surface area contributed by atoms with Crippen molar-refractivity contribution in [3.63, 3.8) is 0 Å². The van der Waals surface area contributed by atoms with Gasteiger partial charge in [-0.05, 0) is 54.1 Å². The lowest BCUT2D eigenvalue weighted by Gasteiger charge is -2.26. The normalized spacial score (nSPS) is 13.7. The molecule has 1 aliphatic heterocycles. The van der Waals surface area contributed by atoms with Gasteiger partial charge in [0.1, 0.15) is 12.3 Å². The Morgan fingerprint density at radius 2 is 1.70 bits per heavy atom. The molecule has 0 bridgehead atoms. The van der Waals surface area contributed by atoms with Crippen LogP contribution in [0, 0.1) is 0 Å². The number of ether oxygens (including phenoxy) is 2. The van der Waals surface area contributed by atoms with Gasteiger partial charge in [0.05, 0.1) is 40.1 Å². The number of rotatable bonds is 10. The number of benzene rings is 3. The number of sulfonamides is 1. The Balaban J connectivity index is 1.38. The molecule has 10 nitrogen and oxygen atoms in total. The zero-order chi connectivity index (χ0) is 28.5. The van der Waals surface area contributed by atoms with Crippen molar-refractivity contribution in [2.45, 2.75) is 4.90 Å². The van der Waals surface area contributed by atoms with Crippen LogP contribution in [0.5, 0.6) is 5.75 Å². The molecule has 3 aromatic rings. The third-order valence-corrected chi connectivity index (χ3v) is 8.41. The van der Waals surface area contributed by atoms with Crippen LogP contribution >= 0.6 is 23.2 Å². The summed E-state index contributed by atoms with van der Waals surface area (Å²) in [5.41, 5.74) is 3.03. The highest BCUT2D eigenvalue weighted by Gasteiger charge is 2.29. The van der Waals surface area contributed by atoms with Crippen LogP contribution in [0.15, 0.2) is 82.8 Å². The van der Waals surface area contributed by atoms with Gasteiger partial charge in [0, 0.05) is 13.1 Å². The molecule has 1 heterocycles. The van der Waals surface area contributed by atoms with Crippen LogP contribution in [0.25, 0.3) is 0 Å². The van der Waals surface area contributed by atoms with Crippen LogP contribution in [0.4, 0.5) is 5.69 Å². The average Bonchev–Trinajstić information content (AvgIpc) is 2.98. The molecule has 40 heavy (non-hydrogen) atoms. The minimum Gasteiger partial charge on any atom is -0.484 e. The lowest BCUT2D eigenvalue weighted by atomic mass is 10.2. The highest BCUT2D eigenvalue weighted by Crippen LogP contribution is 2.35. The van der Waals surface area contributed by atoms with Crippen molar-refractivity contribution in [2.24, 2.45) is 5.10 Å². The Morgan fingerprint density at radius 1 is 1.00 bits per heavy atom. The van der Waals surface area contributed by atoms with E-state index >= 15 is 0 Å². The van der Waals surface area contributed by atoms with Crippen molar-refractivity contribution in [3.8, 4) is 5.75 Å². The van der Waals surface area contributed by atoms with E-state index < -0.39 is 22.5 Å². The summed E-state index contributed by atoms with van der Waals surface area (Å²) in [6.45, 7) is 1.45. The van der Waals surface area contributed by atoms with Crippen molar-refractivity contribution < 1.29 is 27.5 Å². The first-order valence-corrected chi connectivity index (χ1v) is 14.4. The lowest BCUT2D eigenvalue weighted by molar-refractivity contribution is -0.137. The Labute approximate surface area is 242 Å². The number of carbonyl (C=O) groups excluding carboxylic acids is 2. The molecule has 13 heteroatoms. The molecule has 4 rings (SSSR count). The molecule has 3 aromatic carbocycles. The summed E-state index contributed by atoms with van der Waals surface area (Å²) in [5, 5.41) is 4.07. The first-order chi connectivity index (χ1) is 19.3. The summed E-state index contributed by atoms with van der Waals surface area (Å²) in [7, 11) is -4.16. The number of anilines is 1. The summed E-state index contributed by atoms with van der Waals surface area (Å²) >= 11 is 12.4. The fourth-order valence-corrected chi connectivity index (χ4v) is 5.65. The second-order valence-electron chi connectivity index (χ2n) is 8.54. The molecule has 0 saturated carbocycles. The molecule has 0 aromatic heterocycles. The molecule has 1 fully saturated rings. The van der Waals surface area contributed by atoms with Gasteiger partial charge in [0.25, 0.3) is 21.8 Å². The Morgan fingerprint density at radius 3 is 2.40 bits per heavy atom. The maximum atomic E-state index is 13.4. The molecular weight excluding hydrogens is 579 g/mol. The van der Waals surface area contributed by atoms with E-state index in [1.807, 2.05) is 0 Å². The van der Waals surface area contributed by atoms with Gasteiger partial charge in [-0.15, -0.1) is 0 Å². The summed E-state index contributed by atoms with van der Waals surface area (Å²) in [6.07, 6.45) is 1.39. The lowest BCUT2D eigenvalue weighted by Crippen LogP contribution is -2.42. The quantitative estimate of drug-likeness (QED) is 0.279. The van der Waals surface area contributed by atoms with Gasteiger partial charge < -0.3 is 14.4 Å². The van der Waals surface area contributed by atoms with Gasteiger partial charge in [-0.1, -0.05) is 47.5 Å². The van der Waals surface area contributed by atoms with Crippen LogP contribution in [-0.2, 0) is 24.3 Å². The van der Waals surface area contributed by atoms with E-state index in [2.05, 4.69) is 10.5 Å². The first-order valence-electron chi connectivity index (χ1n) is 12.2. The van der Waals surface area contributed by atoms with Gasteiger partial charge in [0.2, 0.25) is 0 Å². The Kier molecular flexibility index (Phi) is 9.99. The number of morpholine rings is 1. The maximum Gasteiger partial charge on any atom is 0.264 e. The van der Waals surface area contributed by atoms with Gasteiger partial charge in [-0.3, -0.25) is 13.9 Å². The third-order valence-electron chi connectivity index (χ3n) is 5.83. The minimum atomic E-state index is -4.16. The van der Waals surface area contributed by atoms with E-state index in [0.29, 0.717) is 37.6 Å². The van der Waals surface area contributed by atoms with Gasteiger partial charge in [-0.2, -0.15) is 5.10 Å². The molecule has 0 atom stereocenters. The molecule has 1 aliphatic rings. The Bertz CT molecular complexity index is 1460. The van der Waals surface area contributed by atoms with Crippen LogP contribution in [-0.4, -0.2) is 70.8 Å². The van der Waals surface area contributed by atoms with E-state index in [-0.39, 0.29) is 33.1 Å². The number of nitrogens with zero attached hydrogens (tertiary/aromatic N) is 3. The average molecular weight is 606 g/mol. The van der Waals surface area contributed by atoms with Crippen LogP contribution in [0.2, 0.25) is 10.0 Å². The molecule has 2 amide bonds. The van der Waals surface area contributed by atoms with Crippen LogP contribution in [0.1, 0.15) is 5.56 Å². The van der Waals surface area contributed by atoms with Gasteiger partial charge in [0.15, 0.2) is 6.61 Å². The molecule has 1 saturated heterocycles.